The summed E-state index contributed by atoms with van der Waals surface area (Å²) in [5.74, 6) is -2.98. The van der Waals surface area contributed by atoms with E-state index >= 15 is 0 Å². The molecule has 6 nitrogen and oxygen atoms in total. The topological polar surface area (TPSA) is 78.1 Å². The highest BCUT2D eigenvalue weighted by Gasteiger charge is 2.21. The van der Waals surface area contributed by atoms with Crippen molar-refractivity contribution in [1.29, 1.82) is 0 Å². The SMILES string of the molecule is CCN(CC(=O)Nc1c(F)cccc1F)C(=O)c1cc(-c2ccc(Cl)cc2)n[nH]1. The van der Waals surface area contributed by atoms with Gasteiger partial charge in [-0.25, -0.2) is 8.78 Å². The van der Waals surface area contributed by atoms with Crippen molar-refractivity contribution in [3.05, 3.63) is 70.9 Å². The molecular weight excluding hydrogens is 402 g/mol. The third kappa shape index (κ3) is 4.78. The van der Waals surface area contributed by atoms with Crippen LogP contribution in [0.4, 0.5) is 14.5 Å². The Morgan fingerprint density at radius 3 is 2.41 bits per heavy atom. The Bertz CT molecular complexity index is 1020. The van der Waals surface area contributed by atoms with Crippen molar-refractivity contribution < 1.29 is 18.4 Å². The molecule has 0 fully saturated rings. The Hall–Kier alpha value is -3.26. The maximum absolute atomic E-state index is 13.7. The predicted octanol–water partition coefficient (Wildman–Crippen LogP) is 4.11. The van der Waals surface area contributed by atoms with E-state index in [4.69, 9.17) is 11.6 Å². The molecule has 0 saturated heterocycles. The molecule has 0 radical (unpaired) electrons. The fourth-order valence-corrected chi connectivity index (χ4v) is 2.79. The van der Waals surface area contributed by atoms with Crippen LogP contribution in [0.3, 0.4) is 0 Å². The van der Waals surface area contributed by atoms with Crippen LogP contribution in [0.1, 0.15) is 17.4 Å². The van der Waals surface area contributed by atoms with Crippen LogP contribution in [-0.2, 0) is 4.79 Å². The number of nitrogens with zero attached hydrogens (tertiary/aromatic N) is 2. The minimum atomic E-state index is -0.895. The fraction of sp³-hybridized carbons (Fsp3) is 0.150. The van der Waals surface area contributed by atoms with Crippen LogP contribution in [0, 0.1) is 11.6 Å². The molecule has 0 spiro atoms. The van der Waals surface area contributed by atoms with Crippen molar-refractivity contribution in [2.24, 2.45) is 0 Å². The number of para-hydroxylation sites is 1. The highest BCUT2D eigenvalue weighted by atomic mass is 35.5. The molecule has 0 aliphatic carbocycles. The van der Waals surface area contributed by atoms with Crippen LogP contribution in [0.25, 0.3) is 11.3 Å². The van der Waals surface area contributed by atoms with Crippen LogP contribution in [0.2, 0.25) is 5.02 Å². The number of halogens is 3. The summed E-state index contributed by atoms with van der Waals surface area (Å²) in [6, 6.07) is 11.8. The molecule has 29 heavy (non-hydrogen) atoms. The average Bonchev–Trinajstić information content (AvgIpc) is 3.19. The summed E-state index contributed by atoms with van der Waals surface area (Å²) in [6.07, 6.45) is 0. The monoisotopic (exact) mass is 418 g/mol. The second kappa shape index (κ2) is 8.83. The number of anilines is 1. The lowest BCUT2D eigenvalue weighted by Crippen LogP contribution is -2.38. The summed E-state index contributed by atoms with van der Waals surface area (Å²) < 4.78 is 27.4. The van der Waals surface area contributed by atoms with Crippen molar-refractivity contribution in [3.63, 3.8) is 0 Å². The molecular formula is C20H17ClF2N4O2. The zero-order chi connectivity index (χ0) is 21.0. The van der Waals surface area contributed by atoms with Crippen molar-refractivity contribution in [3.8, 4) is 11.3 Å². The highest BCUT2D eigenvalue weighted by Crippen LogP contribution is 2.21. The lowest BCUT2D eigenvalue weighted by molar-refractivity contribution is -0.116. The maximum atomic E-state index is 13.7. The van der Waals surface area contributed by atoms with Gasteiger partial charge < -0.3 is 10.2 Å². The lowest BCUT2D eigenvalue weighted by atomic mass is 10.1. The van der Waals surface area contributed by atoms with Gasteiger partial charge in [0.25, 0.3) is 5.91 Å². The van der Waals surface area contributed by atoms with Crippen LogP contribution in [-0.4, -0.2) is 40.0 Å². The second-order valence-electron chi connectivity index (χ2n) is 6.14. The Morgan fingerprint density at radius 2 is 1.79 bits per heavy atom. The van der Waals surface area contributed by atoms with E-state index in [1.165, 1.54) is 11.0 Å². The molecule has 0 aliphatic rings. The molecule has 150 valence electrons. The number of aromatic amines is 1. The van der Waals surface area contributed by atoms with Crippen LogP contribution < -0.4 is 5.32 Å². The summed E-state index contributed by atoms with van der Waals surface area (Å²) >= 11 is 5.87. The number of H-pyrrole nitrogens is 1. The van der Waals surface area contributed by atoms with E-state index in [0.29, 0.717) is 10.7 Å². The molecule has 0 bridgehead atoms. The zero-order valence-corrected chi connectivity index (χ0v) is 16.1. The molecule has 1 aromatic heterocycles. The molecule has 2 aromatic carbocycles. The van der Waals surface area contributed by atoms with E-state index in [2.05, 4.69) is 15.5 Å². The van der Waals surface area contributed by atoms with Gasteiger partial charge in [0.05, 0.1) is 5.69 Å². The van der Waals surface area contributed by atoms with E-state index in [1.54, 1.807) is 37.3 Å². The highest BCUT2D eigenvalue weighted by molar-refractivity contribution is 6.30. The summed E-state index contributed by atoms with van der Waals surface area (Å²) in [5, 5.41) is 9.50. The number of hydrogen-bond donors (Lipinski definition) is 2. The van der Waals surface area contributed by atoms with Gasteiger partial charge in [0.2, 0.25) is 5.91 Å². The Labute approximate surface area is 170 Å². The van der Waals surface area contributed by atoms with Crippen molar-refractivity contribution in [2.45, 2.75) is 6.92 Å². The number of amides is 2. The molecule has 1 heterocycles. The first-order valence-electron chi connectivity index (χ1n) is 8.73. The lowest BCUT2D eigenvalue weighted by Gasteiger charge is -2.19. The Balaban J connectivity index is 1.70. The predicted molar refractivity (Wildman–Crippen MR) is 106 cm³/mol. The minimum Gasteiger partial charge on any atom is -0.328 e. The molecule has 2 amide bonds. The molecule has 0 unspecified atom stereocenters. The number of benzene rings is 2. The Kier molecular flexibility index (Phi) is 6.23. The largest absolute Gasteiger partial charge is 0.328 e. The number of hydrogen-bond acceptors (Lipinski definition) is 3. The van der Waals surface area contributed by atoms with Gasteiger partial charge in [0.1, 0.15) is 29.6 Å². The Morgan fingerprint density at radius 1 is 1.14 bits per heavy atom. The minimum absolute atomic E-state index is 0.182. The van der Waals surface area contributed by atoms with Gasteiger partial charge in [-0.3, -0.25) is 14.7 Å². The molecule has 3 aromatic rings. The van der Waals surface area contributed by atoms with E-state index in [0.717, 1.165) is 17.7 Å². The molecule has 2 N–H and O–H groups in total. The maximum Gasteiger partial charge on any atom is 0.272 e. The summed E-state index contributed by atoms with van der Waals surface area (Å²) in [4.78, 5) is 26.1. The van der Waals surface area contributed by atoms with Crippen molar-refractivity contribution in [1.82, 2.24) is 15.1 Å². The first-order valence-corrected chi connectivity index (χ1v) is 9.11. The molecule has 0 atom stereocenters. The number of rotatable bonds is 6. The zero-order valence-electron chi connectivity index (χ0n) is 15.4. The van der Waals surface area contributed by atoms with Gasteiger partial charge >= 0.3 is 0 Å². The second-order valence-corrected chi connectivity index (χ2v) is 6.57. The number of likely N-dealkylation sites (N-methyl/N-ethyl adjacent to an activating group) is 1. The van der Waals surface area contributed by atoms with Gasteiger partial charge in [-0.05, 0) is 37.3 Å². The standard InChI is InChI=1S/C20H17ClF2N4O2/c1-2-27(11-18(28)24-19-14(22)4-3-5-15(19)23)20(29)17-10-16(25-26-17)12-6-8-13(21)9-7-12/h3-10H,2,11H2,1H3,(H,24,28)(H,25,26). The van der Waals surface area contributed by atoms with Gasteiger partial charge in [-0.1, -0.05) is 29.8 Å². The average molecular weight is 419 g/mol. The number of aromatic nitrogens is 2. The van der Waals surface area contributed by atoms with Gasteiger partial charge in [0.15, 0.2) is 0 Å². The van der Waals surface area contributed by atoms with Crippen molar-refractivity contribution >= 4 is 29.1 Å². The van der Waals surface area contributed by atoms with Crippen LogP contribution in [0.5, 0.6) is 0 Å². The molecule has 3 rings (SSSR count). The molecule has 0 saturated carbocycles. The first-order chi connectivity index (χ1) is 13.9. The quantitative estimate of drug-likeness (QED) is 0.632. The molecule has 0 aliphatic heterocycles. The fourth-order valence-electron chi connectivity index (χ4n) is 2.67. The molecule has 9 heteroatoms. The van der Waals surface area contributed by atoms with Gasteiger partial charge in [-0.2, -0.15) is 5.10 Å². The van der Waals surface area contributed by atoms with Gasteiger partial charge in [-0.15, -0.1) is 0 Å². The normalized spacial score (nSPS) is 10.6. The van der Waals surface area contributed by atoms with Crippen LogP contribution >= 0.6 is 11.6 Å². The summed E-state index contributed by atoms with van der Waals surface area (Å²) in [6.45, 7) is 1.52. The van der Waals surface area contributed by atoms with E-state index in [-0.39, 0.29) is 18.8 Å². The number of nitrogens with one attached hydrogen (secondary N) is 2. The van der Waals surface area contributed by atoms with Gasteiger partial charge in [0, 0.05) is 17.1 Å². The third-order valence-electron chi connectivity index (χ3n) is 4.18. The van der Waals surface area contributed by atoms with Crippen molar-refractivity contribution in [2.75, 3.05) is 18.4 Å². The number of carbonyl (C=O) groups excluding carboxylic acids is 2. The third-order valence-corrected chi connectivity index (χ3v) is 4.43. The summed E-state index contributed by atoms with van der Waals surface area (Å²) in [7, 11) is 0. The van der Waals surface area contributed by atoms with E-state index in [1.807, 2.05) is 0 Å². The van der Waals surface area contributed by atoms with E-state index < -0.39 is 29.1 Å². The van der Waals surface area contributed by atoms with Crippen LogP contribution in [0.15, 0.2) is 48.5 Å². The number of carbonyl (C=O) groups is 2. The summed E-state index contributed by atoms with van der Waals surface area (Å²) in [5.41, 5.74) is 0.939. The van der Waals surface area contributed by atoms with E-state index in [9.17, 15) is 18.4 Å². The first kappa shape index (κ1) is 20.5. The smallest absolute Gasteiger partial charge is 0.272 e.